The second-order valence-electron chi connectivity index (χ2n) is 6.13. The highest BCUT2D eigenvalue weighted by Crippen LogP contribution is 2.19. The number of amides is 1. The molecule has 4 rings (SSSR count). The fraction of sp³-hybridized carbons (Fsp3) is 0.333. The van der Waals surface area contributed by atoms with E-state index in [1.54, 1.807) is 24.4 Å². The van der Waals surface area contributed by atoms with Crippen LogP contribution in [0.2, 0.25) is 0 Å². The zero-order valence-corrected chi connectivity index (χ0v) is 13.7. The number of pyridine rings is 1. The van der Waals surface area contributed by atoms with E-state index in [-0.39, 0.29) is 12.0 Å². The van der Waals surface area contributed by atoms with E-state index in [4.69, 9.17) is 4.74 Å². The van der Waals surface area contributed by atoms with Gasteiger partial charge in [0.15, 0.2) is 0 Å². The monoisotopic (exact) mass is 338 g/mol. The maximum Gasteiger partial charge on any atom is 0.253 e. The predicted octanol–water partition coefficient (Wildman–Crippen LogP) is 2.44. The second-order valence-corrected chi connectivity index (χ2v) is 6.13. The molecule has 0 bridgehead atoms. The van der Waals surface area contributed by atoms with Crippen LogP contribution in [0.5, 0.6) is 0 Å². The van der Waals surface area contributed by atoms with Gasteiger partial charge in [0.05, 0.1) is 12.7 Å². The van der Waals surface area contributed by atoms with Crippen molar-refractivity contribution in [1.82, 2.24) is 20.2 Å². The van der Waals surface area contributed by atoms with Crippen molar-refractivity contribution in [3.05, 3.63) is 53.9 Å². The number of ether oxygens (including phenoxy) is 1. The Kier molecular flexibility index (Phi) is 4.39. The average Bonchev–Trinajstić information content (AvgIpc) is 3.15. The van der Waals surface area contributed by atoms with Crippen LogP contribution in [0.1, 0.15) is 28.8 Å². The zero-order chi connectivity index (χ0) is 17.1. The summed E-state index contributed by atoms with van der Waals surface area (Å²) in [5.74, 6) is 0.00982. The third kappa shape index (κ3) is 3.51. The van der Waals surface area contributed by atoms with Crippen LogP contribution in [0, 0.1) is 0 Å². The molecule has 1 amide bonds. The smallest absolute Gasteiger partial charge is 0.253 e. The molecule has 1 aliphatic rings. The first-order chi connectivity index (χ1) is 12.3. The van der Waals surface area contributed by atoms with Crippen molar-refractivity contribution < 1.29 is 14.2 Å². The summed E-state index contributed by atoms with van der Waals surface area (Å²) < 4.78 is 10.6. The van der Waals surface area contributed by atoms with Crippen LogP contribution in [0.4, 0.5) is 0 Å². The number of carbonyl (C=O) groups is 1. The second kappa shape index (κ2) is 6.98. The molecule has 7 nitrogen and oxygen atoms in total. The van der Waals surface area contributed by atoms with Gasteiger partial charge in [-0.3, -0.25) is 9.78 Å². The van der Waals surface area contributed by atoms with Crippen LogP contribution in [0.3, 0.4) is 0 Å². The molecule has 3 heterocycles. The van der Waals surface area contributed by atoms with Crippen LogP contribution in [0.15, 0.2) is 47.4 Å². The molecule has 1 aromatic carbocycles. The van der Waals surface area contributed by atoms with Crippen LogP contribution in [-0.2, 0) is 11.3 Å². The Balaban J connectivity index is 1.32. The quantitative estimate of drug-likeness (QED) is 0.727. The third-order valence-electron chi connectivity index (χ3n) is 4.44. The first kappa shape index (κ1) is 15.7. The third-order valence-corrected chi connectivity index (χ3v) is 4.44. The maximum absolute atomic E-state index is 12.6. The van der Waals surface area contributed by atoms with Crippen molar-refractivity contribution in [3.8, 4) is 0 Å². The number of hydrogen-bond donors (Lipinski definition) is 0. The molecule has 25 heavy (non-hydrogen) atoms. The molecule has 128 valence electrons. The maximum atomic E-state index is 12.6. The number of piperidine rings is 1. The van der Waals surface area contributed by atoms with Crippen molar-refractivity contribution in [2.75, 3.05) is 13.1 Å². The molecular weight excluding hydrogens is 320 g/mol. The van der Waals surface area contributed by atoms with Crippen LogP contribution >= 0.6 is 0 Å². The topological polar surface area (TPSA) is 81.4 Å². The molecule has 0 atom stereocenters. The molecule has 1 aliphatic heterocycles. The molecule has 2 aromatic heterocycles. The molecule has 3 aromatic rings. The normalized spacial score (nSPS) is 15.6. The van der Waals surface area contributed by atoms with Crippen molar-refractivity contribution in [1.29, 1.82) is 0 Å². The summed E-state index contributed by atoms with van der Waals surface area (Å²) in [6.07, 6.45) is 5.40. The first-order valence-corrected chi connectivity index (χ1v) is 8.32. The number of nitrogens with zero attached hydrogens (tertiary/aromatic N) is 4. The molecule has 0 radical (unpaired) electrons. The van der Waals surface area contributed by atoms with E-state index in [0.717, 1.165) is 18.4 Å². The predicted molar refractivity (Wildman–Crippen MR) is 89.8 cm³/mol. The molecular formula is C18H18N4O3. The molecule has 1 fully saturated rings. The van der Waals surface area contributed by atoms with E-state index >= 15 is 0 Å². The lowest BCUT2D eigenvalue weighted by molar-refractivity contribution is -0.000465. The number of fused-ring (bicyclic) bond motifs is 1. The summed E-state index contributed by atoms with van der Waals surface area (Å²) in [6.45, 7) is 1.93. The number of benzene rings is 1. The van der Waals surface area contributed by atoms with Gasteiger partial charge in [0.25, 0.3) is 5.91 Å². The minimum atomic E-state index is 0.00982. The van der Waals surface area contributed by atoms with Gasteiger partial charge in [0.2, 0.25) is 0 Å². The van der Waals surface area contributed by atoms with E-state index in [1.165, 1.54) is 0 Å². The van der Waals surface area contributed by atoms with Gasteiger partial charge < -0.3 is 9.64 Å². The zero-order valence-electron chi connectivity index (χ0n) is 13.7. The minimum Gasteiger partial charge on any atom is -0.373 e. The van der Waals surface area contributed by atoms with E-state index in [1.807, 2.05) is 23.2 Å². The van der Waals surface area contributed by atoms with Gasteiger partial charge in [0, 0.05) is 31.0 Å². The molecule has 0 aliphatic carbocycles. The fourth-order valence-electron chi connectivity index (χ4n) is 3.02. The van der Waals surface area contributed by atoms with Gasteiger partial charge >= 0.3 is 0 Å². The summed E-state index contributed by atoms with van der Waals surface area (Å²) in [6, 6.07) is 9.14. The molecule has 0 saturated carbocycles. The lowest BCUT2D eigenvalue weighted by Crippen LogP contribution is -2.40. The van der Waals surface area contributed by atoms with Crippen LogP contribution < -0.4 is 0 Å². The highest BCUT2D eigenvalue weighted by Gasteiger charge is 2.24. The van der Waals surface area contributed by atoms with E-state index in [9.17, 15) is 4.79 Å². The Bertz CT molecular complexity index is 857. The summed E-state index contributed by atoms with van der Waals surface area (Å²) in [4.78, 5) is 18.6. The van der Waals surface area contributed by atoms with Crippen molar-refractivity contribution >= 4 is 16.9 Å². The van der Waals surface area contributed by atoms with Crippen LogP contribution in [-0.4, -0.2) is 45.3 Å². The molecule has 0 spiro atoms. The number of hydrogen-bond acceptors (Lipinski definition) is 6. The van der Waals surface area contributed by atoms with E-state index in [2.05, 4.69) is 19.9 Å². The van der Waals surface area contributed by atoms with Gasteiger partial charge in [-0.25, -0.2) is 4.63 Å². The van der Waals surface area contributed by atoms with Gasteiger partial charge in [-0.1, -0.05) is 6.07 Å². The van der Waals surface area contributed by atoms with Crippen molar-refractivity contribution in [2.45, 2.75) is 25.6 Å². The number of carbonyl (C=O) groups excluding carboxylic acids is 1. The SMILES string of the molecule is O=C(c1ccc2nonc2c1)N1CCC(OCc2cccnc2)CC1. The Hall–Kier alpha value is -2.80. The molecule has 0 N–H and O–H groups in total. The summed E-state index contributed by atoms with van der Waals surface area (Å²) in [7, 11) is 0. The van der Waals surface area contributed by atoms with Crippen molar-refractivity contribution in [2.24, 2.45) is 0 Å². The van der Waals surface area contributed by atoms with Crippen molar-refractivity contribution in [3.63, 3.8) is 0 Å². The highest BCUT2D eigenvalue weighted by atomic mass is 16.6. The minimum absolute atomic E-state index is 0.00982. The lowest BCUT2D eigenvalue weighted by Gasteiger charge is -2.32. The summed E-state index contributed by atoms with van der Waals surface area (Å²) in [5, 5.41) is 7.55. The number of likely N-dealkylation sites (tertiary alicyclic amines) is 1. The molecule has 1 saturated heterocycles. The van der Waals surface area contributed by atoms with Gasteiger partial charge in [-0.05, 0) is 53.0 Å². The fourth-order valence-corrected chi connectivity index (χ4v) is 3.02. The summed E-state index contributed by atoms with van der Waals surface area (Å²) in [5.41, 5.74) is 2.92. The van der Waals surface area contributed by atoms with Gasteiger partial charge in [0.1, 0.15) is 11.0 Å². The Labute approximate surface area is 144 Å². The average molecular weight is 338 g/mol. The highest BCUT2D eigenvalue weighted by molar-refractivity contribution is 5.97. The summed E-state index contributed by atoms with van der Waals surface area (Å²) >= 11 is 0. The number of aromatic nitrogens is 3. The Morgan fingerprint density at radius 2 is 2.04 bits per heavy atom. The van der Waals surface area contributed by atoms with Crippen LogP contribution in [0.25, 0.3) is 11.0 Å². The largest absolute Gasteiger partial charge is 0.373 e. The number of rotatable bonds is 4. The van der Waals surface area contributed by atoms with Gasteiger partial charge in [-0.15, -0.1) is 0 Å². The molecule has 7 heteroatoms. The standard InChI is InChI=1S/C18H18N4O3/c23-18(14-3-4-16-17(10-14)21-25-20-16)22-8-5-15(6-9-22)24-12-13-2-1-7-19-11-13/h1-4,7,10-11,15H,5-6,8-9,12H2. The Morgan fingerprint density at radius 3 is 2.84 bits per heavy atom. The molecule has 0 unspecified atom stereocenters. The lowest BCUT2D eigenvalue weighted by atomic mass is 10.1. The van der Waals surface area contributed by atoms with E-state index < -0.39 is 0 Å². The van der Waals surface area contributed by atoms with Gasteiger partial charge in [-0.2, -0.15) is 0 Å². The first-order valence-electron chi connectivity index (χ1n) is 8.32. The Morgan fingerprint density at radius 1 is 1.20 bits per heavy atom. The van der Waals surface area contributed by atoms with E-state index in [0.29, 0.717) is 36.3 Å².